The number of nitriles is 1. The standard InChI is InChI=1S/C22H23N3O3S2/c23-14-18-17-8-6-15(28-22(27)25-10-2-1-3-11-25)13-19(17)30-21(18)24-20(26)9-7-16-5-4-12-29-16/h4-5,7,9,12,15H,1-3,6,8,10-11,13H2,(H,24,26)/b9-7+. The molecule has 0 radical (unpaired) electrons. The fraction of sp³-hybridized carbons (Fsp3) is 0.409. The molecule has 156 valence electrons. The van der Waals surface area contributed by atoms with Gasteiger partial charge in [0.1, 0.15) is 17.2 Å². The van der Waals surface area contributed by atoms with E-state index in [1.165, 1.54) is 23.8 Å². The van der Waals surface area contributed by atoms with Crippen LogP contribution < -0.4 is 5.32 Å². The van der Waals surface area contributed by atoms with Gasteiger partial charge in [-0.15, -0.1) is 22.7 Å². The second kappa shape index (κ2) is 9.45. The average molecular weight is 442 g/mol. The summed E-state index contributed by atoms with van der Waals surface area (Å²) in [5.74, 6) is -0.258. The molecule has 6 nitrogen and oxygen atoms in total. The first-order chi connectivity index (χ1) is 14.6. The largest absolute Gasteiger partial charge is 0.446 e. The van der Waals surface area contributed by atoms with Gasteiger partial charge in [-0.1, -0.05) is 6.07 Å². The first kappa shape index (κ1) is 20.6. The van der Waals surface area contributed by atoms with Crippen LogP contribution in [0.25, 0.3) is 6.08 Å². The molecule has 1 fully saturated rings. The van der Waals surface area contributed by atoms with Crippen molar-refractivity contribution in [3.63, 3.8) is 0 Å². The predicted octanol–water partition coefficient (Wildman–Crippen LogP) is 4.81. The van der Waals surface area contributed by atoms with Crippen molar-refractivity contribution in [1.82, 2.24) is 4.90 Å². The zero-order chi connectivity index (χ0) is 20.9. The van der Waals surface area contributed by atoms with Crippen molar-refractivity contribution in [2.45, 2.75) is 44.6 Å². The highest BCUT2D eigenvalue weighted by molar-refractivity contribution is 7.16. The van der Waals surface area contributed by atoms with Gasteiger partial charge in [0.15, 0.2) is 0 Å². The summed E-state index contributed by atoms with van der Waals surface area (Å²) in [5, 5.41) is 15.0. The van der Waals surface area contributed by atoms with E-state index in [9.17, 15) is 14.9 Å². The number of carbonyl (C=O) groups excluding carboxylic acids is 2. The van der Waals surface area contributed by atoms with Gasteiger partial charge in [0, 0.05) is 35.3 Å². The number of rotatable bonds is 4. The number of hydrogen-bond donors (Lipinski definition) is 1. The minimum absolute atomic E-state index is 0.181. The van der Waals surface area contributed by atoms with Crippen LogP contribution in [-0.4, -0.2) is 36.1 Å². The van der Waals surface area contributed by atoms with E-state index in [-0.39, 0.29) is 18.1 Å². The Hall–Kier alpha value is -2.63. The molecule has 2 aliphatic rings. The number of anilines is 1. The van der Waals surface area contributed by atoms with Gasteiger partial charge in [0.05, 0.1) is 5.56 Å². The van der Waals surface area contributed by atoms with E-state index < -0.39 is 0 Å². The number of thiophene rings is 2. The molecule has 2 aromatic rings. The molecule has 2 amide bonds. The summed E-state index contributed by atoms with van der Waals surface area (Å²) in [4.78, 5) is 28.5. The Kier molecular flexibility index (Phi) is 6.50. The summed E-state index contributed by atoms with van der Waals surface area (Å²) >= 11 is 2.97. The highest BCUT2D eigenvalue weighted by Gasteiger charge is 2.29. The Morgan fingerprint density at radius 1 is 1.30 bits per heavy atom. The van der Waals surface area contributed by atoms with E-state index in [0.717, 1.165) is 41.2 Å². The number of hydrogen-bond acceptors (Lipinski definition) is 6. The quantitative estimate of drug-likeness (QED) is 0.690. The molecule has 1 aliphatic carbocycles. The highest BCUT2D eigenvalue weighted by atomic mass is 32.1. The van der Waals surface area contributed by atoms with Crippen LogP contribution in [0, 0.1) is 11.3 Å². The van der Waals surface area contributed by atoms with Crippen LogP contribution in [0.2, 0.25) is 0 Å². The Balaban J connectivity index is 1.41. The number of piperidine rings is 1. The van der Waals surface area contributed by atoms with E-state index in [4.69, 9.17) is 4.74 Å². The molecular weight excluding hydrogens is 418 g/mol. The van der Waals surface area contributed by atoms with Crippen LogP contribution in [0.1, 0.15) is 46.6 Å². The third-order valence-electron chi connectivity index (χ3n) is 5.39. The van der Waals surface area contributed by atoms with Crippen LogP contribution in [0.15, 0.2) is 23.6 Å². The van der Waals surface area contributed by atoms with Crippen molar-refractivity contribution in [1.29, 1.82) is 5.26 Å². The molecule has 3 heterocycles. The molecular formula is C22H23N3O3S2. The molecule has 1 saturated heterocycles. The smallest absolute Gasteiger partial charge is 0.410 e. The predicted molar refractivity (Wildman–Crippen MR) is 119 cm³/mol. The van der Waals surface area contributed by atoms with Crippen LogP contribution in [0.4, 0.5) is 9.80 Å². The van der Waals surface area contributed by atoms with Gasteiger partial charge in [0.2, 0.25) is 5.91 Å². The maximum atomic E-state index is 12.4. The fourth-order valence-electron chi connectivity index (χ4n) is 3.85. The summed E-state index contributed by atoms with van der Waals surface area (Å²) in [6.45, 7) is 1.53. The lowest BCUT2D eigenvalue weighted by atomic mass is 9.94. The second-order valence-corrected chi connectivity index (χ2v) is 9.54. The Morgan fingerprint density at radius 3 is 2.87 bits per heavy atom. The third-order valence-corrected chi connectivity index (χ3v) is 7.40. The minimum atomic E-state index is -0.258. The number of ether oxygens (including phenoxy) is 1. The molecule has 1 unspecified atom stereocenters. The Morgan fingerprint density at radius 2 is 2.13 bits per heavy atom. The van der Waals surface area contributed by atoms with Crippen LogP contribution in [0.3, 0.4) is 0 Å². The summed E-state index contributed by atoms with van der Waals surface area (Å²) in [6.07, 6.45) is 8.03. The second-order valence-electron chi connectivity index (χ2n) is 7.45. The molecule has 0 aromatic carbocycles. The molecule has 1 aliphatic heterocycles. The Bertz CT molecular complexity index is 982. The molecule has 4 rings (SSSR count). The van der Waals surface area contributed by atoms with Gasteiger partial charge >= 0.3 is 6.09 Å². The van der Waals surface area contributed by atoms with Gasteiger partial charge in [-0.2, -0.15) is 5.26 Å². The SMILES string of the molecule is N#Cc1c(NC(=O)/C=C/c2cccs2)sc2c1CCC(OC(=O)N1CCCCC1)C2. The van der Waals surface area contributed by atoms with Crippen molar-refractivity contribution in [3.8, 4) is 6.07 Å². The van der Waals surface area contributed by atoms with E-state index in [0.29, 0.717) is 29.8 Å². The number of nitrogens with one attached hydrogen (secondary N) is 1. The number of fused-ring (bicyclic) bond motifs is 1. The summed E-state index contributed by atoms with van der Waals surface area (Å²) in [5.41, 5.74) is 1.51. The van der Waals surface area contributed by atoms with Gasteiger partial charge < -0.3 is 15.0 Å². The molecule has 1 atom stereocenters. The topological polar surface area (TPSA) is 82.4 Å². The van der Waals surface area contributed by atoms with Crippen molar-refractivity contribution < 1.29 is 14.3 Å². The summed E-state index contributed by atoms with van der Waals surface area (Å²) < 4.78 is 5.74. The molecule has 0 saturated carbocycles. The number of nitrogens with zero attached hydrogens (tertiary/aromatic N) is 2. The van der Waals surface area contributed by atoms with Crippen molar-refractivity contribution >= 4 is 45.8 Å². The molecule has 0 spiro atoms. The summed E-state index contributed by atoms with van der Waals surface area (Å²) in [6, 6.07) is 6.11. The highest BCUT2D eigenvalue weighted by Crippen LogP contribution is 2.38. The molecule has 1 N–H and O–H groups in total. The van der Waals surface area contributed by atoms with Gasteiger partial charge in [-0.25, -0.2) is 4.79 Å². The molecule has 30 heavy (non-hydrogen) atoms. The van der Waals surface area contributed by atoms with E-state index in [1.807, 2.05) is 17.5 Å². The van der Waals surface area contributed by atoms with Crippen molar-refractivity contribution in [2.75, 3.05) is 18.4 Å². The summed E-state index contributed by atoms with van der Waals surface area (Å²) in [7, 11) is 0. The van der Waals surface area contributed by atoms with Gasteiger partial charge in [-0.05, 0) is 55.2 Å². The number of carbonyl (C=O) groups is 2. The first-order valence-electron chi connectivity index (χ1n) is 10.2. The molecule has 0 bridgehead atoms. The molecule has 8 heteroatoms. The Labute approximate surface area is 183 Å². The van der Waals surface area contributed by atoms with Crippen molar-refractivity contribution in [3.05, 3.63) is 44.5 Å². The van der Waals surface area contributed by atoms with E-state index in [2.05, 4.69) is 11.4 Å². The lowest BCUT2D eigenvalue weighted by Crippen LogP contribution is -2.39. The van der Waals surface area contributed by atoms with E-state index >= 15 is 0 Å². The zero-order valence-corrected chi connectivity index (χ0v) is 18.2. The van der Waals surface area contributed by atoms with Gasteiger partial charge in [0.25, 0.3) is 0 Å². The maximum Gasteiger partial charge on any atom is 0.410 e. The normalized spacial score (nSPS) is 18.6. The zero-order valence-electron chi connectivity index (χ0n) is 16.6. The lowest BCUT2D eigenvalue weighted by molar-refractivity contribution is -0.111. The van der Waals surface area contributed by atoms with Crippen molar-refractivity contribution in [2.24, 2.45) is 0 Å². The monoisotopic (exact) mass is 441 g/mol. The third kappa shape index (κ3) is 4.74. The van der Waals surface area contributed by atoms with E-state index in [1.54, 1.807) is 22.3 Å². The van der Waals surface area contributed by atoms with Gasteiger partial charge in [-0.3, -0.25) is 4.79 Å². The number of likely N-dealkylation sites (tertiary alicyclic amines) is 1. The fourth-order valence-corrected chi connectivity index (χ4v) is 5.74. The van der Waals surface area contributed by atoms with Crippen LogP contribution >= 0.6 is 22.7 Å². The number of amides is 2. The van der Waals surface area contributed by atoms with Crippen LogP contribution in [-0.2, 0) is 22.4 Å². The first-order valence-corrected chi connectivity index (χ1v) is 11.9. The van der Waals surface area contributed by atoms with Crippen LogP contribution in [0.5, 0.6) is 0 Å². The average Bonchev–Trinajstić information content (AvgIpc) is 3.39. The molecule has 2 aromatic heterocycles. The maximum absolute atomic E-state index is 12.4. The lowest BCUT2D eigenvalue weighted by Gasteiger charge is -2.29. The minimum Gasteiger partial charge on any atom is -0.446 e.